The predicted octanol–water partition coefficient (Wildman–Crippen LogP) is 4.13. The minimum Gasteiger partial charge on any atom is -0.389 e. The number of aliphatic hydroxyl groups excluding tert-OH is 1. The zero-order chi connectivity index (χ0) is 23.8. The van der Waals surface area contributed by atoms with Crippen LogP contribution in [0.1, 0.15) is 33.6 Å². The molecular weight excluding hydrogens is 475 g/mol. The molecular formula is C22H20F3N3O3S2. The van der Waals surface area contributed by atoms with E-state index < -0.39 is 23.9 Å². The van der Waals surface area contributed by atoms with Crippen molar-refractivity contribution in [2.45, 2.75) is 44.5 Å². The average Bonchev–Trinajstić information content (AvgIpc) is 3.51. The number of rotatable bonds is 6. The number of benzene rings is 1. The zero-order valence-electron chi connectivity index (χ0n) is 17.5. The number of amides is 1. The number of thiazole rings is 2. The SMILES string of the molecule is Cc1nc(CO)sc1-c1csc(CC(=O)[C@@H]2C[C@@H](c3ccccc3)CN2C(=O)C(F)(F)F)n1. The number of carbonyl (C=O) groups is 2. The minimum absolute atomic E-state index is 0.136. The summed E-state index contributed by atoms with van der Waals surface area (Å²) in [6.45, 7) is 1.44. The molecule has 0 spiro atoms. The van der Waals surface area contributed by atoms with Gasteiger partial charge in [-0.3, -0.25) is 9.59 Å². The van der Waals surface area contributed by atoms with E-state index in [0.29, 0.717) is 26.3 Å². The third kappa shape index (κ3) is 4.99. The number of aliphatic hydroxyl groups is 1. The summed E-state index contributed by atoms with van der Waals surface area (Å²) >= 11 is 2.52. The van der Waals surface area contributed by atoms with E-state index in [9.17, 15) is 27.9 Å². The van der Waals surface area contributed by atoms with E-state index in [4.69, 9.17) is 0 Å². The fourth-order valence-electron chi connectivity index (χ4n) is 4.02. The summed E-state index contributed by atoms with van der Waals surface area (Å²) in [6, 6.07) is 7.77. The minimum atomic E-state index is -5.05. The Bertz CT molecular complexity index is 1160. The molecule has 1 N–H and O–H groups in total. The molecule has 0 aliphatic carbocycles. The molecule has 2 atom stereocenters. The van der Waals surface area contributed by atoms with Crippen LogP contribution in [0.15, 0.2) is 35.7 Å². The summed E-state index contributed by atoms with van der Waals surface area (Å²) in [6.07, 6.45) is -5.08. The number of nitrogens with zero attached hydrogens (tertiary/aromatic N) is 3. The van der Waals surface area contributed by atoms with Gasteiger partial charge in [0, 0.05) is 17.8 Å². The lowest BCUT2D eigenvalue weighted by molar-refractivity contribution is -0.186. The Labute approximate surface area is 195 Å². The van der Waals surface area contributed by atoms with Gasteiger partial charge in [-0.15, -0.1) is 22.7 Å². The molecule has 2 aromatic heterocycles. The van der Waals surface area contributed by atoms with E-state index in [1.165, 1.54) is 22.7 Å². The highest BCUT2D eigenvalue weighted by atomic mass is 32.1. The van der Waals surface area contributed by atoms with Crippen molar-refractivity contribution in [2.24, 2.45) is 0 Å². The number of hydrogen-bond donors (Lipinski definition) is 1. The maximum absolute atomic E-state index is 13.2. The van der Waals surface area contributed by atoms with Gasteiger partial charge in [0.05, 0.1) is 35.3 Å². The lowest BCUT2D eigenvalue weighted by atomic mass is 9.95. The van der Waals surface area contributed by atoms with Crippen LogP contribution in [-0.4, -0.2) is 50.4 Å². The van der Waals surface area contributed by atoms with E-state index in [-0.39, 0.29) is 31.9 Å². The molecule has 0 radical (unpaired) electrons. The molecule has 1 fully saturated rings. The molecule has 1 aromatic carbocycles. The third-order valence-corrected chi connectivity index (χ3v) is 7.55. The van der Waals surface area contributed by atoms with Crippen LogP contribution in [0.2, 0.25) is 0 Å². The van der Waals surface area contributed by atoms with Crippen molar-refractivity contribution in [3.8, 4) is 10.6 Å². The monoisotopic (exact) mass is 495 g/mol. The number of ketones is 1. The van der Waals surface area contributed by atoms with Crippen molar-refractivity contribution >= 4 is 34.4 Å². The molecule has 3 heterocycles. The van der Waals surface area contributed by atoms with Gasteiger partial charge in [-0.2, -0.15) is 13.2 Å². The number of aromatic nitrogens is 2. The van der Waals surface area contributed by atoms with Gasteiger partial charge in [0.25, 0.3) is 0 Å². The number of hydrogen-bond acceptors (Lipinski definition) is 7. The topological polar surface area (TPSA) is 83.4 Å². The van der Waals surface area contributed by atoms with Crippen molar-refractivity contribution in [3.05, 3.63) is 57.0 Å². The number of aryl methyl sites for hydroxylation is 1. The molecule has 1 saturated heterocycles. The first kappa shape index (κ1) is 23.5. The summed E-state index contributed by atoms with van der Waals surface area (Å²) in [5, 5.41) is 12.0. The highest BCUT2D eigenvalue weighted by Gasteiger charge is 2.49. The first-order valence-corrected chi connectivity index (χ1v) is 11.8. The Morgan fingerprint density at radius 3 is 2.55 bits per heavy atom. The first-order valence-electron chi connectivity index (χ1n) is 10.1. The van der Waals surface area contributed by atoms with E-state index in [1.807, 2.05) is 0 Å². The van der Waals surface area contributed by atoms with Gasteiger partial charge in [-0.05, 0) is 18.9 Å². The van der Waals surface area contributed by atoms with Crippen LogP contribution in [0.4, 0.5) is 13.2 Å². The molecule has 0 unspecified atom stereocenters. The van der Waals surface area contributed by atoms with E-state index >= 15 is 0 Å². The van der Waals surface area contributed by atoms with Crippen LogP contribution in [0.5, 0.6) is 0 Å². The second kappa shape index (κ2) is 9.32. The van der Waals surface area contributed by atoms with Gasteiger partial charge in [0.2, 0.25) is 0 Å². The second-order valence-electron chi connectivity index (χ2n) is 7.76. The molecule has 1 aliphatic rings. The number of Topliss-reactive ketones (excluding diaryl/α,β-unsaturated/α-hetero) is 1. The van der Waals surface area contributed by atoms with Gasteiger partial charge in [0.1, 0.15) is 10.0 Å². The van der Waals surface area contributed by atoms with Crippen molar-refractivity contribution in [3.63, 3.8) is 0 Å². The molecule has 1 amide bonds. The summed E-state index contributed by atoms with van der Waals surface area (Å²) < 4.78 is 39.7. The van der Waals surface area contributed by atoms with Crippen molar-refractivity contribution < 1.29 is 27.9 Å². The highest BCUT2D eigenvalue weighted by molar-refractivity contribution is 7.16. The van der Waals surface area contributed by atoms with E-state index in [1.54, 1.807) is 42.6 Å². The normalized spacial score (nSPS) is 18.6. The fraction of sp³-hybridized carbons (Fsp3) is 0.364. The van der Waals surface area contributed by atoms with Crippen molar-refractivity contribution in [1.82, 2.24) is 14.9 Å². The number of carbonyl (C=O) groups excluding carboxylic acids is 2. The average molecular weight is 496 g/mol. The Hall–Kier alpha value is -2.63. The van der Waals surface area contributed by atoms with Crippen LogP contribution in [0, 0.1) is 6.92 Å². The summed E-state index contributed by atoms with van der Waals surface area (Å²) in [7, 11) is 0. The van der Waals surface area contributed by atoms with Crippen LogP contribution >= 0.6 is 22.7 Å². The molecule has 11 heteroatoms. The summed E-state index contributed by atoms with van der Waals surface area (Å²) in [5.74, 6) is -2.81. The number of alkyl halides is 3. The first-order chi connectivity index (χ1) is 15.7. The molecule has 3 aromatic rings. The Balaban J connectivity index is 1.54. The van der Waals surface area contributed by atoms with Crippen LogP contribution < -0.4 is 0 Å². The van der Waals surface area contributed by atoms with Crippen LogP contribution in [-0.2, 0) is 22.6 Å². The lowest BCUT2D eigenvalue weighted by Gasteiger charge is -2.24. The molecule has 6 nitrogen and oxygen atoms in total. The van der Waals surface area contributed by atoms with Gasteiger partial charge in [-0.25, -0.2) is 9.97 Å². The largest absolute Gasteiger partial charge is 0.471 e. The van der Waals surface area contributed by atoms with Crippen LogP contribution in [0.25, 0.3) is 10.6 Å². The van der Waals surface area contributed by atoms with Gasteiger partial charge < -0.3 is 10.0 Å². The molecule has 1 aliphatic heterocycles. The maximum atomic E-state index is 13.2. The van der Waals surface area contributed by atoms with E-state index in [0.717, 1.165) is 10.4 Å². The Kier molecular flexibility index (Phi) is 6.64. The quantitative estimate of drug-likeness (QED) is 0.556. The van der Waals surface area contributed by atoms with Crippen molar-refractivity contribution in [1.29, 1.82) is 0 Å². The highest BCUT2D eigenvalue weighted by Crippen LogP contribution is 2.36. The molecule has 174 valence electrons. The second-order valence-corrected chi connectivity index (χ2v) is 9.79. The molecule has 33 heavy (non-hydrogen) atoms. The molecule has 0 bridgehead atoms. The van der Waals surface area contributed by atoms with Crippen molar-refractivity contribution in [2.75, 3.05) is 6.54 Å². The maximum Gasteiger partial charge on any atom is 0.471 e. The van der Waals surface area contributed by atoms with Gasteiger partial charge in [0.15, 0.2) is 5.78 Å². The third-order valence-electron chi connectivity index (χ3n) is 5.53. The predicted molar refractivity (Wildman–Crippen MR) is 118 cm³/mol. The molecule has 0 saturated carbocycles. The van der Waals surface area contributed by atoms with Crippen LogP contribution in [0.3, 0.4) is 0 Å². The summed E-state index contributed by atoms with van der Waals surface area (Å²) in [4.78, 5) is 35.3. The van der Waals surface area contributed by atoms with Gasteiger partial charge >= 0.3 is 12.1 Å². The number of halogens is 3. The smallest absolute Gasteiger partial charge is 0.389 e. The van der Waals surface area contributed by atoms with Gasteiger partial charge in [-0.1, -0.05) is 30.3 Å². The summed E-state index contributed by atoms with van der Waals surface area (Å²) in [5.41, 5.74) is 2.11. The number of likely N-dealkylation sites (tertiary alicyclic amines) is 1. The fourth-order valence-corrected chi connectivity index (χ4v) is 5.77. The Morgan fingerprint density at radius 2 is 1.91 bits per heavy atom. The van der Waals surface area contributed by atoms with E-state index in [2.05, 4.69) is 9.97 Å². The zero-order valence-corrected chi connectivity index (χ0v) is 19.1. The lowest BCUT2D eigenvalue weighted by Crippen LogP contribution is -2.47. The Morgan fingerprint density at radius 1 is 1.18 bits per heavy atom. The molecule has 4 rings (SSSR count). The standard InChI is InChI=1S/C22H20F3N3O3S2/c1-12-20(33-19(10-29)26-12)15-11-32-18(27-15)8-17(30)16-7-14(13-5-3-2-4-6-13)9-28(16)21(31)22(23,24)25/h2-6,11,14,16,29H,7-10H2,1H3/t14-,16+/m1/s1.